The second kappa shape index (κ2) is 8.50. The zero-order valence-electron chi connectivity index (χ0n) is 15.5. The maximum absolute atomic E-state index is 12.9. The van der Waals surface area contributed by atoms with E-state index in [0.29, 0.717) is 30.6 Å². The number of esters is 1. The second-order valence-electron chi connectivity index (χ2n) is 8.47. The third-order valence-corrected chi connectivity index (χ3v) is 10.7. The normalized spacial score (nSPS) is 30.4. The summed E-state index contributed by atoms with van der Waals surface area (Å²) in [4.78, 5) is 12.7. The lowest BCUT2D eigenvalue weighted by atomic mass is 9.49. The van der Waals surface area contributed by atoms with Gasteiger partial charge in [0.15, 0.2) is 0 Å². The Morgan fingerprint density at radius 3 is 2.10 bits per heavy atom. The summed E-state index contributed by atoms with van der Waals surface area (Å²) < 4.78 is 45.7. The molecule has 0 aromatic heterocycles. The highest BCUT2D eigenvalue weighted by atomic mass is 127. The Bertz CT molecular complexity index is 910. The van der Waals surface area contributed by atoms with Crippen LogP contribution in [-0.4, -0.2) is 32.2 Å². The maximum atomic E-state index is 12.9. The summed E-state index contributed by atoms with van der Waals surface area (Å²) in [6, 6.07) is 1.64. The minimum atomic E-state index is -4.36. The molecule has 0 saturated heterocycles. The number of carbonyl (C=O) groups is 1. The minimum Gasteiger partial charge on any atom is -0.488 e. The number of halogens is 3. The largest absolute Gasteiger partial charge is 0.488 e. The van der Waals surface area contributed by atoms with Crippen molar-refractivity contribution in [3.63, 3.8) is 0 Å². The van der Waals surface area contributed by atoms with Crippen molar-refractivity contribution >= 4 is 83.9 Å². The summed E-state index contributed by atoms with van der Waals surface area (Å²) in [6.45, 7) is 0.259. The van der Waals surface area contributed by atoms with E-state index >= 15 is 0 Å². The highest BCUT2D eigenvalue weighted by Crippen LogP contribution is 2.60. The SMILES string of the molecule is O=C(OCCOc1c(I)cc(I)c(S(=O)(=O)O)c1I)C12CC3CC(CC(C3)C1)C2. The van der Waals surface area contributed by atoms with Crippen LogP contribution < -0.4 is 4.74 Å². The molecule has 0 aliphatic heterocycles. The van der Waals surface area contributed by atoms with Gasteiger partial charge in [0.05, 0.1) is 12.6 Å². The summed E-state index contributed by atoms with van der Waals surface area (Å²) in [5.41, 5.74) is -0.293. The summed E-state index contributed by atoms with van der Waals surface area (Å²) in [5.74, 6) is 2.33. The molecular weight excluding hydrogens is 737 g/mol. The average molecular weight is 758 g/mol. The molecule has 0 radical (unpaired) electrons. The predicted octanol–water partition coefficient (Wildman–Crippen LogP) is 4.89. The topological polar surface area (TPSA) is 89.9 Å². The van der Waals surface area contributed by atoms with Gasteiger partial charge in [-0.15, -0.1) is 0 Å². The summed E-state index contributed by atoms with van der Waals surface area (Å²) in [7, 11) is -4.36. The van der Waals surface area contributed by atoms with Gasteiger partial charge in [0, 0.05) is 3.57 Å². The first kappa shape index (κ1) is 22.8. The minimum absolute atomic E-state index is 0.0918. The van der Waals surface area contributed by atoms with Crippen LogP contribution in [-0.2, 0) is 19.6 Å². The van der Waals surface area contributed by atoms with Crippen molar-refractivity contribution in [2.24, 2.45) is 23.2 Å². The molecule has 10 heteroatoms. The van der Waals surface area contributed by atoms with Crippen LogP contribution in [0.5, 0.6) is 5.75 Å². The Labute approximate surface area is 211 Å². The van der Waals surface area contributed by atoms with E-state index in [1.54, 1.807) is 6.07 Å². The molecule has 4 bridgehead atoms. The van der Waals surface area contributed by atoms with Gasteiger partial charge in [-0.1, -0.05) is 0 Å². The van der Waals surface area contributed by atoms with Crippen molar-refractivity contribution in [1.29, 1.82) is 0 Å². The van der Waals surface area contributed by atoms with Gasteiger partial charge in [-0.2, -0.15) is 8.42 Å². The Morgan fingerprint density at radius 1 is 1.03 bits per heavy atom. The Balaban J connectivity index is 1.38. The molecule has 29 heavy (non-hydrogen) atoms. The Hall–Kier alpha value is 0.590. The van der Waals surface area contributed by atoms with Gasteiger partial charge < -0.3 is 9.47 Å². The fraction of sp³-hybridized carbons (Fsp3) is 0.632. The fourth-order valence-electron chi connectivity index (χ4n) is 5.72. The zero-order chi connectivity index (χ0) is 21.0. The molecular formula is C19H21I3O6S. The van der Waals surface area contributed by atoms with E-state index in [-0.39, 0.29) is 29.5 Å². The van der Waals surface area contributed by atoms with Crippen molar-refractivity contribution in [3.8, 4) is 5.75 Å². The van der Waals surface area contributed by atoms with E-state index < -0.39 is 10.1 Å². The van der Waals surface area contributed by atoms with Gasteiger partial charge in [0.2, 0.25) is 0 Å². The molecule has 4 saturated carbocycles. The van der Waals surface area contributed by atoms with E-state index in [0.717, 1.165) is 22.8 Å². The molecule has 0 unspecified atom stereocenters. The van der Waals surface area contributed by atoms with E-state index in [4.69, 9.17) is 9.47 Å². The van der Waals surface area contributed by atoms with E-state index in [1.165, 1.54) is 19.3 Å². The van der Waals surface area contributed by atoms with Gasteiger partial charge in [-0.25, -0.2) is 0 Å². The van der Waals surface area contributed by atoms with Crippen LogP contribution in [0.4, 0.5) is 0 Å². The van der Waals surface area contributed by atoms with Gasteiger partial charge in [-0.3, -0.25) is 9.35 Å². The van der Waals surface area contributed by atoms with E-state index in [9.17, 15) is 17.8 Å². The van der Waals surface area contributed by atoms with Crippen molar-refractivity contribution in [1.82, 2.24) is 0 Å². The van der Waals surface area contributed by atoms with Gasteiger partial charge in [0.25, 0.3) is 10.1 Å². The van der Waals surface area contributed by atoms with Gasteiger partial charge >= 0.3 is 5.97 Å². The van der Waals surface area contributed by atoms with Crippen LogP contribution in [0.1, 0.15) is 38.5 Å². The summed E-state index contributed by atoms with van der Waals surface area (Å²) >= 11 is 5.80. The number of ether oxygens (including phenoxy) is 2. The first-order valence-corrected chi connectivity index (χ1v) is 14.2. The van der Waals surface area contributed by atoms with Crippen molar-refractivity contribution < 1.29 is 27.2 Å². The summed E-state index contributed by atoms with van der Waals surface area (Å²) in [5, 5.41) is 0. The van der Waals surface area contributed by atoms with E-state index in [2.05, 4.69) is 22.6 Å². The molecule has 0 spiro atoms. The molecule has 1 N–H and O–H groups in total. The molecule has 4 aliphatic carbocycles. The van der Waals surface area contributed by atoms with Crippen molar-refractivity contribution in [2.45, 2.75) is 43.4 Å². The molecule has 0 atom stereocenters. The number of benzene rings is 1. The number of rotatable bonds is 6. The number of hydrogen-bond acceptors (Lipinski definition) is 5. The van der Waals surface area contributed by atoms with Crippen LogP contribution in [0.2, 0.25) is 0 Å². The van der Waals surface area contributed by atoms with Crippen LogP contribution in [0.15, 0.2) is 11.0 Å². The van der Waals surface area contributed by atoms with Crippen LogP contribution in [0, 0.1) is 33.9 Å². The summed E-state index contributed by atoms with van der Waals surface area (Å²) in [6.07, 6.45) is 6.70. The first-order chi connectivity index (χ1) is 13.6. The van der Waals surface area contributed by atoms with Gasteiger partial charge in [0.1, 0.15) is 23.9 Å². The highest BCUT2D eigenvalue weighted by molar-refractivity contribution is 14.1. The fourth-order valence-corrected chi connectivity index (χ4v) is 11.7. The molecule has 0 amide bonds. The molecule has 6 nitrogen and oxygen atoms in total. The average Bonchev–Trinajstić information content (AvgIpc) is 2.57. The quantitative estimate of drug-likeness (QED) is 0.193. The maximum Gasteiger partial charge on any atom is 0.312 e. The highest BCUT2D eigenvalue weighted by Gasteiger charge is 2.55. The van der Waals surface area contributed by atoms with Crippen LogP contribution >= 0.6 is 67.8 Å². The molecule has 0 heterocycles. The second-order valence-corrected chi connectivity index (χ2v) is 13.2. The lowest BCUT2D eigenvalue weighted by molar-refractivity contribution is -0.172. The third-order valence-electron chi connectivity index (χ3n) is 6.38. The molecule has 4 aliphatic rings. The number of carbonyl (C=O) groups excluding carboxylic acids is 1. The van der Waals surface area contributed by atoms with E-state index in [1.807, 2.05) is 45.2 Å². The first-order valence-electron chi connectivity index (χ1n) is 9.54. The van der Waals surface area contributed by atoms with Gasteiger partial charge in [-0.05, 0) is 130 Å². The molecule has 160 valence electrons. The lowest BCUT2D eigenvalue weighted by Crippen LogP contribution is -2.50. The smallest absolute Gasteiger partial charge is 0.312 e. The van der Waals surface area contributed by atoms with Crippen molar-refractivity contribution in [2.75, 3.05) is 13.2 Å². The molecule has 1 aromatic rings. The van der Waals surface area contributed by atoms with Crippen LogP contribution in [0.3, 0.4) is 0 Å². The Morgan fingerprint density at radius 2 is 1.59 bits per heavy atom. The zero-order valence-corrected chi connectivity index (χ0v) is 22.8. The van der Waals surface area contributed by atoms with Crippen LogP contribution in [0.25, 0.3) is 0 Å². The third kappa shape index (κ3) is 4.56. The lowest BCUT2D eigenvalue weighted by Gasteiger charge is -2.55. The molecule has 1 aromatic carbocycles. The molecule has 5 rings (SSSR count). The van der Waals surface area contributed by atoms with Crippen molar-refractivity contribution in [3.05, 3.63) is 16.8 Å². The standard InChI is InChI=1S/C19H21I3O6S/c20-13-6-14(21)17(29(24,25)26)15(22)16(13)27-1-2-28-18(23)19-7-10-3-11(8-19)5-12(4-10)9-19/h6,10-12H,1-5,7-9H2,(H,24,25,26). The monoisotopic (exact) mass is 758 g/mol. The predicted molar refractivity (Wildman–Crippen MR) is 131 cm³/mol. The Kier molecular flexibility index (Phi) is 6.68. The molecule has 4 fully saturated rings. The number of hydrogen-bond donors (Lipinski definition) is 1.